The first-order chi connectivity index (χ1) is 8.81. The van der Waals surface area contributed by atoms with Crippen LogP contribution in [0, 0.1) is 0 Å². The van der Waals surface area contributed by atoms with Crippen molar-refractivity contribution < 1.29 is 4.79 Å². The van der Waals surface area contributed by atoms with E-state index >= 15 is 0 Å². The van der Waals surface area contributed by atoms with E-state index in [1.165, 1.54) is 44.9 Å². The van der Waals surface area contributed by atoms with Gasteiger partial charge in [-0.05, 0) is 51.5 Å². The van der Waals surface area contributed by atoms with E-state index in [-0.39, 0.29) is 12.4 Å². The molecule has 1 amide bonds. The summed E-state index contributed by atoms with van der Waals surface area (Å²) < 4.78 is 0. The van der Waals surface area contributed by atoms with Gasteiger partial charge in [-0.2, -0.15) is 0 Å². The lowest BCUT2D eigenvalue weighted by Crippen LogP contribution is -2.44. The summed E-state index contributed by atoms with van der Waals surface area (Å²) in [5, 5.41) is 3.48. The monoisotopic (exact) mass is 288 g/mol. The van der Waals surface area contributed by atoms with Crippen molar-refractivity contribution in [2.45, 2.75) is 76.8 Å². The van der Waals surface area contributed by atoms with Crippen LogP contribution in [0.25, 0.3) is 0 Å². The molecule has 2 unspecified atom stereocenters. The molecule has 3 nitrogen and oxygen atoms in total. The molecule has 0 aromatic heterocycles. The molecule has 2 atom stereocenters. The molecular formula is C15H29ClN2O. The van der Waals surface area contributed by atoms with Crippen molar-refractivity contribution in [2.24, 2.45) is 0 Å². The van der Waals surface area contributed by atoms with Gasteiger partial charge in [-0.1, -0.05) is 13.3 Å². The maximum absolute atomic E-state index is 12.3. The normalized spacial score (nSPS) is 27.1. The molecule has 19 heavy (non-hydrogen) atoms. The van der Waals surface area contributed by atoms with E-state index < -0.39 is 0 Å². The first-order valence-electron chi connectivity index (χ1n) is 7.84. The summed E-state index contributed by atoms with van der Waals surface area (Å²) in [6, 6.07) is 1.14. The van der Waals surface area contributed by atoms with Gasteiger partial charge in [0.1, 0.15) is 0 Å². The number of amides is 1. The van der Waals surface area contributed by atoms with Gasteiger partial charge in [0.15, 0.2) is 0 Å². The Kier molecular flexibility index (Phi) is 7.77. The molecule has 2 saturated heterocycles. The van der Waals surface area contributed by atoms with E-state index in [0.29, 0.717) is 18.0 Å². The number of nitrogens with zero attached hydrogens (tertiary/aromatic N) is 1. The molecule has 2 heterocycles. The first kappa shape index (κ1) is 16.8. The van der Waals surface area contributed by atoms with Crippen molar-refractivity contribution >= 4 is 18.3 Å². The van der Waals surface area contributed by atoms with Gasteiger partial charge in [-0.25, -0.2) is 0 Å². The third kappa shape index (κ3) is 4.96. The topological polar surface area (TPSA) is 32.3 Å². The summed E-state index contributed by atoms with van der Waals surface area (Å²) in [5.41, 5.74) is 0. The molecule has 0 saturated carbocycles. The fraction of sp³-hybridized carbons (Fsp3) is 0.933. The lowest BCUT2D eigenvalue weighted by atomic mass is 9.97. The van der Waals surface area contributed by atoms with Gasteiger partial charge in [0.05, 0.1) is 0 Å². The number of halogens is 1. The second-order valence-corrected chi connectivity index (χ2v) is 5.86. The molecular weight excluding hydrogens is 260 g/mol. The van der Waals surface area contributed by atoms with Gasteiger partial charge in [-0.3, -0.25) is 4.79 Å². The molecule has 2 aliphatic heterocycles. The van der Waals surface area contributed by atoms with E-state index in [1.54, 1.807) is 0 Å². The highest BCUT2D eigenvalue weighted by Gasteiger charge is 2.26. The zero-order chi connectivity index (χ0) is 12.8. The van der Waals surface area contributed by atoms with Crippen molar-refractivity contribution in [2.75, 3.05) is 13.1 Å². The van der Waals surface area contributed by atoms with Gasteiger partial charge in [0, 0.05) is 25.0 Å². The molecule has 112 valence electrons. The highest BCUT2D eigenvalue weighted by Crippen LogP contribution is 2.22. The van der Waals surface area contributed by atoms with Crippen molar-refractivity contribution in [3.63, 3.8) is 0 Å². The molecule has 2 fully saturated rings. The molecule has 0 radical (unpaired) electrons. The molecule has 2 aliphatic rings. The molecule has 0 aliphatic carbocycles. The maximum atomic E-state index is 12.3. The van der Waals surface area contributed by atoms with Gasteiger partial charge in [-0.15, -0.1) is 12.4 Å². The number of nitrogens with one attached hydrogen (secondary N) is 1. The smallest absolute Gasteiger partial charge is 0.222 e. The van der Waals surface area contributed by atoms with E-state index in [4.69, 9.17) is 0 Å². The number of carbonyl (C=O) groups excluding carboxylic acids is 1. The molecule has 0 bridgehead atoms. The Labute approximate surface area is 123 Å². The predicted octanol–water partition coefficient (Wildman–Crippen LogP) is 3.12. The van der Waals surface area contributed by atoms with Crippen LogP contribution in [0.3, 0.4) is 0 Å². The Morgan fingerprint density at radius 1 is 1.21 bits per heavy atom. The fourth-order valence-electron chi connectivity index (χ4n) is 3.41. The number of piperidine rings is 1. The summed E-state index contributed by atoms with van der Waals surface area (Å²) >= 11 is 0. The summed E-state index contributed by atoms with van der Waals surface area (Å²) in [6.45, 7) is 4.36. The molecule has 0 aromatic rings. The lowest BCUT2D eigenvalue weighted by molar-refractivity contribution is -0.135. The average Bonchev–Trinajstić information content (AvgIpc) is 2.90. The van der Waals surface area contributed by atoms with Gasteiger partial charge in [0.25, 0.3) is 0 Å². The number of hydrogen-bond donors (Lipinski definition) is 1. The number of rotatable bonds is 5. The zero-order valence-electron chi connectivity index (χ0n) is 12.2. The van der Waals surface area contributed by atoms with Crippen LogP contribution in [0.1, 0.15) is 64.7 Å². The van der Waals surface area contributed by atoms with Crippen LogP contribution < -0.4 is 5.32 Å². The van der Waals surface area contributed by atoms with Crippen LogP contribution in [0.15, 0.2) is 0 Å². The minimum absolute atomic E-state index is 0. The molecule has 2 rings (SSSR count). The van der Waals surface area contributed by atoms with E-state index in [2.05, 4.69) is 17.1 Å². The Balaban J connectivity index is 0.00000180. The number of hydrogen-bond acceptors (Lipinski definition) is 2. The molecule has 0 aromatic carbocycles. The third-order valence-corrected chi connectivity index (χ3v) is 4.44. The van der Waals surface area contributed by atoms with Crippen LogP contribution in [0.5, 0.6) is 0 Å². The summed E-state index contributed by atoms with van der Waals surface area (Å²) in [5.74, 6) is 0.404. The standard InChI is InChI=1S/C15H28N2O.ClH/c1-2-6-14-8-3-4-12-17(14)15(18)10-9-13-7-5-11-16-13;/h13-14,16H,2-12H2,1H3;1H. The third-order valence-electron chi connectivity index (χ3n) is 4.44. The Hall–Kier alpha value is -0.280. The minimum atomic E-state index is 0. The second kappa shape index (κ2) is 8.80. The number of carbonyl (C=O) groups is 1. The molecule has 4 heteroatoms. The van der Waals surface area contributed by atoms with Crippen LogP contribution >= 0.6 is 12.4 Å². The lowest BCUT2D eigenvalue weighted by Gasteiger charge is -2.36. The maximum Gasteiger partial charge on any atom is 0.222 e. The second-order valence-electron chi connectivity index (χ2n) is 5.86. The number of likely N-dealkylation sites (tertiary alicyclic amines) is 1. The van der Waals surface area contributed by atoms with Crippen molar-refractivity contribution in [1.82, 2.24) is 10.2 Å². The minimum Gasteiger partial charge on any atom is -0.340 e. The molecule has 0 spiro atoms. The van der Waals surface area contributed by atoms with Crippen LogP contribution in [-0.2, 0) is 4.79 Å². The highest BCUT2D eigenvalue weighted by atomic mass is 35.5. The Bertz CT molecular complexity index is 265. The quantitative estimate of drug-likeness (QED) is 0.843. The summed E-state index contributed by atoms with van der Waals surface area (Å²) in [6.07, 6.45) is 10.4. The Morgan fingerprint density at radius 2 is 2.05 bits per heavy atom. The van der Waals surface area contributed by atoms with E-state index in [0.717, 1.165) is 25.9 Å². The van der Waals surface area contributed by atoms with E-state index in [9.17, 15) is 4.79 Å². The van der Waals surface area contributed by atoms with Crippen LogP contribution in [-0.4, -0.2) is 36.0 Å². The molecule has 1 N–H and O–H groups in total. The van der Waals surface area contributed by atoms with Crippen molar-refractivity contribution in [1.29, 1.82) is 0 Å². The van der Waals surface area contributed by atoms with Gasteiger partial charge >= 0.3 is 0 Å². The SMILES string of the molecule is CCCC1CCCCN1C(=O)CCC1CCCN1.Cl. The Morgan fingerprint density at radius 3 is 2.74 bits per heavy atom. The van der Waals surface area contributed by atoms with Gasteiger partial charge < -0.3 is 10.2 Å². The van der Waals surface area contributed by atoms with Crippen LogP contribution in [0.2, 0.25) is 0 Å². The predicted molar refractivity (Wildman–Crippen MR) is 81.8 cm³/mol. The van der Waals surface area contributed by atoms with Gasteiger partial charge in [0.2, 0.25) is 5.91 Å². The summed E-state index contributed by atoms with van der Waals surface area (Å²) in [7, 11) is 0. The van der Waals surface area contributed by atoms with E-state index in [1.807, 2.05) is 0 Å². The van der Waals surface area contributed by atoms with Crippen molar-refractivity contribution in [3.05, 3.63) is 0 Å². The van der Waals surface area contributed by atoms with Crippen molar-refractivity contribution in [3.8, 4) is 0 Å². The zero-order valence-corrected chi connectivity index (χ0v) is 13.0. The highest BCUT2D eigenvalue weighted by molar-refractivity contribution is 5.85. The summed E-state index contributed by atoms with van der Waals surface area (Å²) in [4.78, 5) is 14.5. The average molecular weight is 289 g/mol. The van der Waals surface area contributed by atoms with Crippen LogP contribution in [0.4, 0.5) is 0 Å². The largest absolute Gasteiger partial charge is 0.340 e. The first-order valence-corrected chi connectivity index (χ1v) is 7.84. The fourth-order valence-corrected chi connectivity index (χ4v) is 3.41.